The average Bonchev–Trinajstić information content (AvgIpc) is 3.67. The summed E-state index contributed by atoms with van der Waals surface area (Å²) in [5.74, 6) is 0. The highest BCUT2D eigenvalue weighted by molar-refractivity contribution is 6.37. The Morgan fingerprint density at radius 3 is 2.14 bits per heavy atom. The maximum atomic E-state index is 6.69. The fourth-order valence-corrected chi connectivity index (χ4v) is 5.95. The van der Waals surface area contributed by atoms with Gasteiger partial charge in [0.05, 0.1) is 21.4 Å². The summed E-state index contributed by atoms with van der Waals surface area (Å²) in [6.07, 6.45) is 0. The Labute approximate surface area is 213 Å². The highest BCUT2D eigenvalue weighted by Crippen LogP contribution is 2.41. The molecule has 0 saturated carbocycles. The Balaban J connectivity index is 1.44. The third-order valence-corrected chi connectivity index (χ3v) is 7.59. The highest BCUT2D eigenvalue weighted by atomic mass is 35.5. The van der Waals surface area contributed by atoms with Crippen molar-refractivity contribution in [2.45, 2.75) is 0 Å². The van der Waals surface area contributed by atoms with Crippen molar-refractivity contribution in [1.29, 1.82) is 0 Å². The van der Waals surface area contributed by atoms with Crippen molar-refractivity contribution in [3.63, 3.8) is 0 Å². The van der Waals surface area contributed by atoms with Crippen LogP contribution in [0.5, 0.6) is 0 Å². The van der Waals surface area contributed by atoms with Crippen molar-refractivity contribution in [2.75, 3.05) is 0 Å². The van der Waals surface area contributed by atoms with Crippen molar-refractivity contribution < 1.29 is 13.3 Å². The molecule has 0 spiro atoms. The largest absolute Gasteiger partial charge is 0.456 e. The zero-order chi connectivity index (χ0) is 24.2. The molecule has 0 bridgehead atoms. The molecule has 0 unspecified atom stereocenters. The third kappa shape index (κ3) is 2.46. The number of furan rings is 2. The molecule has 37 heavy (non-hydrogen) atoms. The van der Waals surface area contributed by atoms with E-state index in [1.165, 1.54) is 0 Å². The van der Waals surface area contributed by atoms with E-state index in [0.717, 1.165) is 60.1 Å². The first kappa shape index (κ1) is 19.4. The van der Waals surface area contributed by atoms with Gasteiger partial charge >= 0.3 is 6.01 Å². The van der Waals surface area contributed by atoms with Crippen molar-refractivity contribution >= 4 is 88.4 Å². The molecule has 9 aromatic rings. The van der Waals surface area contributed by atoms with Gasteiger partial charge in [-0.2, -0.15) is 4.98 Å². The van der Waals surface area contributed by atoms with Crippen molar-refractivity contribution in [3.8, 4) is 6.01 Å². The van der Waals surface area contributed by atoms with Gasteiger partial charge in [0.25, 0.3) is 0 Å². The molecule has 0 atom stereocenters. The second-order valence-corrected chi connectivity index (χ2v) is 9.73. The summed E-state index contributed by atoms with van der Waals surface area (Å²) in [6.45, 7) is 0. The summed E-state index contributed by atoms with van der Waals surface area (Å²) < 4.78 is 20.8. The number of hydrogen-bond acceptors (Lipinski definition) is 4. The quantitative estimate of drug-likeness (QED) is 0.226. The first-order valence-electron chi connectivity index (χ1n) is 12.0. The molecule has 0 aliphatic heterocycles. The van der Waals surface area contributed by atoms with Crippen molar-refractivity contribution in [3.05, 3.63) is 96.0 Å². The maximum absolute atomic E-state index is 6.69. The first-order chi connectivity index (χ1) is 18.2. The maximum Gasteiger partial charge on any atom is 0.307 e. The Morgan fingerprint density at radius 1 is 0.568 bits per heavy atom. The number of rotatable bonds is 1. The van der Waals surface area contributed by atoms with Crippen LogP contribution in [-0.2, 0) is 0 Å². The van der Waals surface area contributed by atoms with Gasteiger partial charge < -0.3 is 13.3 Å². The van der Waals surface area contributed by atoms with Crippen LogP contribution in [0.15, 0.2) is 104 Å². The fraction of sp³-hybridized carbons (Fsp3) is 0. The number of fused-ring (bicyclic) bond motifs is 11. The molecule has 6 heteroatoms. The molecule has 0 aliphatic carbocycles. The summed E-state index contributed by atoms with van der Waals surface area (Å²) in [5.41, 5.74) is 6.39. The molecule has 0 radical (unpaired) electrons. The second-order valence-electron chi connectivity index (χ2n) is 9.32. The zero-order valence-electron chi connectivity index (χ0n) is 19.2. The van der Waals surface area contributed by atoms with Gasteiger partial charge in [-0.15, -0.1) is 0 Å². The van der Waals surface area contributed by atoms with Gasteiger partial charge in [0.2, 0.25) is 0 Å². The van der Waals surface area contributed by atoms with E-state index in [1.54, 1.807) is 6.07 Å². The molecule has 0 fully saturated rings. The fourth-order valence-electron chi connectivity index (χ4n) is 5.72. The predicted octanol–water partition coefficient (Wildman–Crippen LogP) is 9.38. The number of hydrogen-bond donors (Lipinski definition) is 0. The van der Waals surface area contributed by atoms with Crippen LogP contribution in [0.1, 0.15) is 0 Å². The van der Waals surface area contributed by atoms with Crippen LogP contribution >= 0.6 is 11.6 Å². The summed E-state index contributed by atoms with van der Waals surface area (Å²) >= 11 is 6.69. The van der Waals surface area contributed by atoms with E-state index in [9.17, 15) is 0 Å². The predicted molar refractivity (Wildman–Crippen MR) is 148 cm³/mol. The number of benzene rings is 5. The van der Waals surface area contributed by atoms with E-state index in [1.807, 2.05) is 54.6 Å². The minimum absolute atomic E-state index is 0.452. The van der Waals surface area contributed by atoms with Crippen molar-refractivity contribution in [2.24, 2.45) is 0 Å². The average molecular weight is 499 g/mol. The monoisotopic (exact) mass is 498 g/mol. The minimum Gasteiger partial charge on any atom is -0.456 e. The van der Waals surface area contributed by atoms with Crippen LogP contribution in [-0.4, -0.2) is 9.55 Å². The Kier molecular flexibility index (Phi) is 3.53. The van der Waals surface area contributed by atoms with Crippen molar-refractivity contribution in [1.82, 2.24) is 9.55 Å². The summed E-state index contributed by atoms with van der Waals surface area (Å²) in [7, 11) is 0. The molecular formula is C31H15ClN2O3. The zero-order valence-corrected chi connectivity index (χ0v) is 19.9. The lowest BCUT2D eigenvalue weighted by Gasteiger charge is -2.01. The van der Waals surface area contributed by atoms with Crippen LogP contribution in [0, 0.1) is 0 Å². The summed E-state index contributed by atoms with van der Waals surface area (Å²) in [5, 5.41) is 6.61. The molecule has 0 aliphatic rings. The number of oxazole rings is 1. The lowest BCUT2D eigenvalue weighted by molar-refractivity contribution is 0.574. The van der Waals surface area contributed by atoms with Crippen LogP contribution in [0.2, 0.25) is 5.02 Å². The van der Waals surface area contributed by atoms with Gasteiger partial charge in [0.1, 0.15) is 27.8 Å². The van der Waals surface area contributed by atoms with Crippen LogP contribution in [0.3, 0.4) is 0 Å². The standard InChI is InChI=1S/C31H15ClN2O3/c32-21-15-27-28(18-9-3-6-12-25(18)36-27)29-30(21)37-31(33-29)34-22-10-4-1-7-16(22)19-14-26-20(13-23(19)34)17-8-2-5-11-24(17)35-26/h1-15H. The topological polar surface area (TPSA) is 57.2 Å². The molecule has 4 heterocycles. The Bertz CT molecular complexity index is 2390. The van der Waals surface area contributed by atoms with E-state index < -0.39 is 0 Å². The summed E-state index contributed by atoms with van der Waals surface area (Å²) in [6, 6.07) is 30.8. The highest BCUT2D eigenvalue weighted by Gasteiger charge is 2.22. The number of para-hydroxylation sites is 3. The van der Waals surface area contributed by atoms with Crippen LogP contribution in [0.4, 0.5) is 0 Å². The van der Waals surface area contributed by atoms with E-state index in [4.69, 9.17) is 29.8 Å². The smallest absolute Gasteiger partial charge is 0.307 e. The molecular weight excluding hydrogens is 484 g/mol. The van der Waals surface area contributed by atoms with Gasteiger partial charge in [-0.05, 0) is 30.3 Å². The molecule has 5 nitrogen and oxygen atoms in total. The van der Waals surface area contributed by atoms with E-state index in [-0.39, 0.29) is 0 Å². The van der Waals surface area contributed by atoms with Gasteiger partial charge in [0.15, 0.2) is 5.58 Å². The summed E-state index contributed by atoms with van der Waals surface area (Å²) in [4.78, 5) is 5.03. The molecule has 5 aromatic carbocycles. The molecule has 0 amide bonds. The number of aromatic nitrogens is 2. The molecule has 9 rings (SSSR count). The minimum atomic E-state index is 0.452. The van der Waals surface area contributed by atoms with Crippen LogP contribution in [0.25, 0.3) is 82.8 Å². The van der Waals surface area contributed by atoms with E-state index in [2.05, 4.69) is 34.9 Å². The second kappa shape index (κ2) is 6.72. The Hall–Kier alpha value is -4.74. The molecule has 4 aromatic heterocycles. The lowest BCUT2D eigenvalue weighted by Crippen LogP contribution is -1.93. The van der Waals surface area contributed by atoms with Gasteiger partial charge in [-0.1, -0.05) is 66.2 Å². The van der Waals surface area contributed by atoms with E-state index >= 15 is 0 Å². The van der Waals surface area contributed by atoms with Gasteiger partial charge in [-0.3, -0.25) is 4.57 Å². The molecule has 0 saturated heterocycles. The first-order valence-corrected chi connectivity index (χ1v) is 12.4. The molecule has 174 valence electrons. The van der Waals surface area contributed by atoms with E-state index in [0.29, 0.717) is 27.7 Å². The normalized spacial score (nSPS) is 12.5. The van der Waals surface area contributed by atoms with Gasteiger partial charge in [0, 0.05) is 33.0 Å². The SMILES string of the molecule is Clc1cc2oc3ccccc3c2c2nc(-n3c4ccccc4c4cc5oc6ccccc6c5cc43)oc12. The van der Waals surface area contributed by atoms with Gasteiger partial charge in [-0.25, -0.2) is 0 Å². The number of nitrogens with zero attached hydrogens (tertiary/aromatic N) is 2. The third-order valence-electron chi connectivity index (χ3n) is 7.31. The lowest BCUT2D eigenvalue weighted by atomic mass is 10.1. The molecule has 0 N–H and O–H groups in total. The number of halogens is 1. The van der Waals surface area contributed by atoms with Crippen LogP contribution < -0.4 is 0 Å². The Morgan fingerprint density at radius 2 is 1.27 bits per heavy atom.